The van der Waals surface area contributed by atoms with Crippen LogP contribution in [0, 0.1) is 18.3 Å². The van der Waals surface area contributed by atoms with Gasteiger partial charge in [-0.05, 0) is 37.2 Å². The van der Waals surface area contributed by atoms with Crippen molar-refractivity contribution in [1.82, 2.24) is 5.32 Å². The quantitative estimate of drug-likeness (QED) is 0.848. The van der Waals surface area contributed by atoms with Crippen LogP contribution in [-0.4, -0.2) is 21.3 Å². The lowest BCUT2D eigenvalue weighted by molar-refractivity contribution is 0.353. The maximum Gasteiger partial charge on any atom is 0.161 e. The Hall–Kier alpha value is -1.73. The first-order valence-corrected chi connectivity index (χ1v) is 5.44. The summed E-state index contributed by atoms with van der Waals surface area (Å²) in [6.45, 7) is 2.00. The average Bonchev–Trinajstić information content (AvgIpc) is 2.36. The van der Waals surface area contributed by atoms with Crippen LogP contribution in [0.3, 0.4) is 0 Å². The number of rotatable bonds is 5. The van der Waals surface area contributed by atoms with E-state index in [1.807, 2.05) is 26.1 Å². The van der Waals surface area contributed by atoms with Crippen LogP contribution in [0.2, 0.25) is 0 Å². The van der Waals surface area contributed by atoms with Crippen molar-refractivity contribution in [3.8, 4) is 17.6 Å². The Morgan fingerprint density at radius 2 is 1.88 bits per heavy atom. The zero-order chi connectivity index (χ0) is 12.8. The molecule has 0 spiro atoms. The molecule has 0 aliphatic heterocycles. The second kappa shape index (κ2) is 6.12. The van der Waals surface area contributed by atoms with Crippen LogP contribution >= 0.6 is 0 Å². The first kappa shape index (κ1) is 13.3. The largest absolute Gasteiger partial charge is 0.493 e. The Bertz CT molecular complexity index is 424. The second-order valence-electron chi connectivity index (χ2n) is 3.77. The predicted molar refractivity (Wildman–Crippen MR) is 66.3 cm³/mol. The normalized spacial score (nSPS) is 11.7. The van der Waals surface area contributed by atoms with E-state index in [1.165, 1.54) is 0 Å². The van der Waals surface area contributed by atoms with Gasteiger partial charge in [-0.1, -0.05) is 0 Å². The van der Waals surface area contributed by atoms with E-state index in [4.69, 9.17) is 14.7 Å². The minimum atomic E-state index is 0.0137. The highest BCUT2D eigenvalue weighted by Crippen LogP contribution is 2.33. The van der Waals surface area contributed by atoms with Crippen LogP contribution in [0.1, 0.15) is 23.6 Å². The number of nitrogens with zero attached hydrogens (tertiary/aromatic N) is 1. The molecule has 0 saturated carbocycles. The molecule has 0 bridgehead atoms. The van der Waals surface area contributed by atoms with Crippen molar-refractivity contribution in [3.63, 3.8) is 0 Å². The molecule has 17 heavy (non-hydrogen) atoms. The number of hydrogen-bond donors (Lipinski definition) is 1. The molecule has 0 fully saturated rings. The van der Waals surface area contributed by atoms with Crippen molar-refractivity contribution in [2.75, 3.05) is 21.3 Å². The van der Waals surface area contributed by atoms with Gasteiger partial charge in [0.1, 0.15) is 0 Å². The molecule has 1 aromatic carbocycles. The van der Waals surface area contributed by atoms with Gasteiger partial charge in [0.15, 0.2) is 11.5 Å². The molecule has 0 aliphatic carbocycles. The minimum Gasteiger partial charge on any atom is -0.493 e. The van der Waals surface area contributed by atoms with E-state index in [-0.39, 0.29) is 6.04 Å². The van der Waals surface area contributed by atoms with Crippen LogP contribution in [0.5, 0.6) is 11.5 Å². The van der Waals surface area contributed by atoms with Crippen molar-refractivity contribution in [1.29, 1.82) is 5.26 Å². The summed E-state index contributed by atoms with van der Waals surface area (Å²) in [7, 11) is 5.07. The Morgan fingerprint density at radius 1 is 1.29 bits per heavy atom. The van der Waals surface area contributed by atoms with Gasteiger partial charge < -0.3 is 14.8 Å². The summed E-state index contributed by atoms with van der Waals surface area (Å²) >= 11 is 0. The summed E-state index contributed by atoms with van der Waals surface area (Å²) in [6, 6.07) is 6.04. The minimum absolute atomic E-state index is 0.0137. The van der Waals surface area contributed by atoms with Gasteiger partial charge in [-0.2, -0.15) is 5.26 Å². The fourth-order valence-corrected chi connectivity index (χ4v) is 1.83. The van der Waals surface area contributed by atoms with Crippen molar-refractivity contribution < 1.29 is 9.47 Å². The third kappa shape index (κ3) is 2.89. The SMILES string of the molecule is CNC(CC#N)c1cc(OC)c(OC)cc1C. The van der Waals surface area contributed by atoms with Crippen LogP contribution in [-0.2, 0) is 0 Å². The van der Waals surface area contributed by atoms with Crippen molar-refractivity contribution in [2.24, 2.45) is 0 Å². The van der Waals surface area contributed by atoms with Crippen LogP contribution in [0.15, 0.2) is 12.1 Å². The van der Waals surface area contributed by atoms with Crippen molar-refractivity contribution in [3.05, 3.63) is 23.3 Å². The number of methoxy groups -OCH3 is 2. The van der Waals surface area contributed by atoms with Gasteiger partial charge in [0.25, 0.3) is 0 Å². The molecule has 0 aromatic heterocycles. The third-order valence-corrected chi connectivity index (χ3v) is 2.79. The summed E-state index contributed by atoms with van der Waals surface area (Å²) in [5.41, 5.74) is 2.14. The van der Waals surface area contributed by atoms with Crippen LogP contribution < -0.4 is 14.8 Å². The highest BCUT2D eigenvalue weighted by Gasteiger charge is 2.15. The van der Waals surface area contributed by atoms with Gasteiger partial charge in [-0.15, -0.1) is 0 Å². The lowest BCUT2D eigenvalue weighted by atomic mass is 9.98. The fourth-order valence-electron chi connectivity index (χ4n) is 1.83. The number of nitriles is 1. The van der Waals surface area contributed by atoms with E-state index in [0.717, 1.165) is 11.1 Å². The smallest absolute Gasteiger partial charge is 0.161 e. The summed E-state index contributed by atoms with van der Waals surface area (Å²) < 4.78 is 10.5. The highest BCUT2D eigenvalue weighted by atomic mass is 16.5. The Balaban J connectivity index is 3.20. The Labute approximate surface area is 102 Å². The van der Waals surface area contributed by atoms with Gasteiger partial charge in [0.05, 0.1) is 26.7 Å². The molecular weight excluding hydrogens is 216 g/mol. The lowest BCUT2D eigenvalue weighted by Gasteiger charge is -2.18. The van der Waals surface area contributed by atoms with Crippen molar-refractivity contribution in [2.45, 2.75) is 19.4 Å². The van der Waals surface area contributed by atoms with E-state index in [0.29, 0.717) is 17.9 Å². The zero-order valence-electron chi connectivity index (χ0n) is 10.7. The number of benzene rings is 1. The van der Waals surface area contributed by atoms with Gasteiger partial charge in [0, 0.05) is 6.04 Å². The molecule has 0 saturated heterocycles. The molecule has 0 heterocycles. The standard InChI is InChI=1S/C13H18N2O2/c1-9-7-12(16-3)13(17-4)8-10(9)11(15-2)5-6-14/h7-8,11,15H,5H2,1-4H3. The molecular formula is C13H18N2O2. The maximum absolute atomic E-state index is 8.80. The summed E-state index contributed by atoms with van der Waals surface area (Å²) in [5.74, 6) is 1.40. The Morgan fingerprint density at radius 3 is 2.35 bits per heavy atom. The second-order valence-corrected chi connectivity index (χ2v) is 3.77. The van der Waals surface area contributed by atoms with E-state index in [9.17, 15) is 0 Å². The molecule has 1 unspecified atom stereocenters. The van der Waals surface area contributed by atoms with Gasteiger partial charge in [-0.3, -0.25) is 0 Å². The molecule has 0 radical (unpaired) electrons. The van der Waals surface area contributed by atoms with Crippen LogP contribution in [0.4, 0.5) is 0 Å². The molecule has 1 N–H and O–H groups in total. The summed E-state index contributed by atoms with van der Waals surface area (Å²) in [4.78, 5) is 0. The molecule has 1 aromatic rings. The van der Waals surface area contributed by atoms with Crippen molar-refractivity contribution >= 4 is 0 Å². The predicted octanol–water partition coefficient (Wildman–Crippen LogP) is 2.19. The monoisotopic (exact) mass is 234 g/mol. The van der Waals surface area contributed by atoms with Crippen LogP contribution in [0.25, 0.3) is 0 Å². The topological polar surface area (TPSA) is 54.3 Å². The fraction of sp³-hybridized carbons (Fsp3) is 0.462. The molecule has 0 aliphatic rings. The summed E-state index contributed by atoms with van der Waals surface area (Å²) in [5, 5.41) is 11.9. The maximum atomic E-state index is 8.80. The first-order chi connectivity index (χ1) is 8.17. The van der Waals surface area contributed by atoms with Gasteiger partial charge in [0.2, 0.25) is 0 Å². The van der Waals surface area contributed by atoms with E-state index >= 15 is 0 Å². The first-order valence-electron chi connectivity index (χ1n) is 5.44. The molecule has 0 amide bonds. The van der Waals surface area contributed by atoms with Gasteiger partial charge >= 0.3 is 0 Å². The zero-order valence-corrected chi connectivity index (χ0v) is 10.7. The third-order valence-electron chi connectivity index (χ3n) is 2.79. The van der Waals surface area contributed by atoms with E-state index < -0.39 is 0 Å². The van der Waals surface area contributed by atoms with Gasteiger partial charge in [-0.25, -0.2) is 0 Å². The molecule has 1 rings (SSSR count). The number of aryl methyl sites for hydroxylation is 1. The molecule has 4 nitrogen and oxygen atoms in total. The summed E-state index contributed by atoms with van der Waals surface area (Å²) in [6.07, 6.45) is 0.423. The number of nitrogens with one attached hydrogen (secondary N) is 1. The molecule has 1 atom stereocenters. The lowest BCUT2D eigenvalue weighted by Crippen LogP contribution is -2.17. The molecule has 4 heteroatoms. The highest BCUT2D eigenvalue weighted by molar-refractivity contribution is 5.48. The van der Waals surface area contributed by atoms with E-state index in [1.54, 1.807) is 14.2 Å². The molecule has 92 valence electrons. The van der Waals surface area contributed by atoms with E-state index in [2.05, 4.69) is 11.4 Å². The number of hydrogen-bond acceptors (Lipinski definition) is 4. The number of ether oxygens (including phenoxy) is 2. The Kier molecular flexibility index (Phi) is 4.80. The average molecular weight is 234 g/mol.